The summed E-state index contributed by atoms with van der Waals surface area (Å²) in [7, 11) is 0. The van der Waals surface area contributed by atoms with E-state index in [0.717, 1.165) is 17.7 Å². The summed E-state index contributed by atoms with van der Waals surface area (Å²) >= 11 is 0. The molecule has 0 aliphatic rings. The Hall–Kier alpha value is -2.47. The Balaban J connectivity index is 1.65. The fourth-order valence-corrected chi connectivity index (χ4v) is 2.16. The number of urea groups is 1. The van der Waals surface area contributed by atoms with Gasteiger partial charge in [0.25, 0.3) is 0 Å². The van der Waals surface area contributed by atoms with Crippen LogP contribution >= 0.6 is 0 Å². The highest BCUT2D eigenvalue weighted by molar-refractivity contribution is 5.73. The van der Waals surface area contributed by atoms with Gasteiger partial charge in [0.15, 0.2) is 0 Å². The van der Waals surface area contributed by atoms with Crippen molar-refractivity contribution in [1.82, 2.24) is 10.6 Å². The smallest absolute Gasteiger partial charge is 0.314 e. The lowest BCUT2D eigenvalue weighted by molar-refractivity contribution is 0.148. The zero-order chi connectivity index (χ0) is 17.4. The van der Waals surface area contributed by atoms with E-state index in [4.69, 9.17) is 9.15 Å². The van der Waals surface area contributed by atoms with E-state index in [2.05, 4.69) is 10.6 Å². The molecule has 0 fully saturated rings. The van der Waals surface area contributed by atoms with E-state index in [-0.39, 0.29) is 18.7 Å². The van der Waals surface area contributed by atoms with Crippen LogP contribution in [0.1, 0.15) is 31.3 Å². The molecule has 24 heavy (non-hydrogen) atoms. The van der Waals surface area contributed by atoms with Gasteiger partial charge in [-0.1, -0.05) is 12.1 Å². The average Bonchev–Trinajstić information content (AvgIpc) is 3.08. The number of furan rings is 1. The predicted molar refractivity (Wildman–Crippen MR) is 91.0 cm³/mol. The highest BCUT2D eigenvalue weighted by Gasteiger charge is 2.11. The van der Waals surface area contributed by atoms with Crippen molar-refractivity contribution in [3.8, 4) is 5.75 Å². The molecular formula is C18H24N2O4. The quantitative estimate of drug-likeness (QED) is 0.694. The van der Waals surface area contributed by atoms with Gasteiger partial charge in [-0.15, -0.1) is 0 Å². The molecule has 0 radical (unpaired) electrons. The molecule has 2 rings (SSSR count). The lowest BCUT2D eigenvalue weighted by Gasteiger charge is -2.11. The molecule has 130 valence electrons. The van der Waals surface area contributed by atoms with Crippen molar-refractivity contribution < 1.29 is 19.1 Å². The molecule has 0 bridgehead atoms. The molecule has 6 nitrogen and oxygen atoms in total. The number of carbonyl (C=O) groups is 1. The van der Waals surface area contributed by atoms with E-state index < -0.39 is 6.10 Å². The van der Waals surface area contributed by atoms with Gasteiger partial charge in [0, 0.05) is 6.54 Å². The summed E-state index contributed by atoms with van der Waals surface area (Å²) in [4.78, 5) is 11.7. The molecule has 6 heteroatoms. The number of aliphatic hydroxyl groups is 1. The molecule has 1 atom stereocenters. The van der Waals surface area contributed by atoms with E-state index >= 15 is 0 Å². The molecule has 3 N–H and O–H groups in total. The number of nitrogens with one attached hydrogen (secondary N) is 2. The number of rotatable bonds is 8. The van der Waals surface area contributed by atoms with Gasteiger partial charge in [0.05, 0.1) is 18.9 Å². The number of amides is 2. The molecule has 0 aliphatic heterocycles. The maximum Gasteiger partial charge on any atom is 0.314 e. The Morgan fingerprint density at radius 2 is 1.96 bits per heavy atom. The van der Waals surface area contributed by atoms with E-state index in [9.17, 15) is 9.90 Å². The lowest BCUT2D eigenvalue weighted by atomic mass is 10.1. The van der Waals surface area contributed by atoms with Crippen LogP contribution in [0.2, 0.25) is 0 Å². The SMILES string of the molecule is CC(C)Oc1ccc(CCNC(=O)NCC(O)c2ccco2)cc1. The fraction of sp³-hybridized carbons (Fsp3) is 0.389. The van der Waals surface area contributed by atoms with Crippen molar-refractivity contribution in [2.45, 2.75) is 32.5 Å². The zero-order valence-corrected chi connectivity index (χ0v) is 14.0. The highest BCUT2D eigenvalue weighted by atomic mass is 16.5. The summed E-state index contributed by atoms with van der Waals surface area (Å²) in [6.07, 6.45) is 1.50. The van der Waals surface area contributed by atoms with Crippen molar-refractivity contribution in [2.24, 2.45) is 0 Å². The second kappa shape index (κ2) is 8.98. The van der Waals surface area contributed by atoms with Crippen molar-refractivity contribution in [3.63, 3.8) is 0 Å². The third-order valence-corrected chi connectivity index (χ3v) is 3.32. The first kappa shape index (κ1) is 17.9. The van der Waals surface area contributed by atoms with Gasteiger partial charge in [0.2, 0.25) is 0 Å². The first-order valence-electron chi connectivity index (χ1n) is 8.03. The second-order valence-electron chi connectivity index (χ2n) is 5.73. The van der Waals surface area contributed by atoms with Gasteiger partial charge in [-0.2, -0.15) is 0 Å². The predicted octanol–water partition coefficient (Wildman–Crippen LogP) is 2.64. The summed E-state index contributed by atoms with van der Waals surface area (Å²) in [6.45, 7) is 4.58. The molecular weight excluding hydrogens is 308 g/mol. The summed E-state index contributed by atoms with van der Waals surface area (Å²) in [5, 5.41) is 15.2. The summed E-state index contributed by atoms with van der Waals surface area (Å²) in [5.74, 6) is 1.27. The van der Waals surface area contributed by atoms with Gasteiger partial charge < -0.3 is 24.9 Å². The van der Waals surface area contributed by atoms with Crippen LogP contribution in [0.5, 0.6) is 5.75 Å². The second-order valence-corrected chi connectivity index (χ2v) is 5.73. The Labute approximate surface area is 141 Å². The molecule has 1 aromatic carbocycles. The van der Waals surface area contributed by atoms with Crippen LogP contribution in [0.15, 0.2) is 47.1 Å². The minimum absolute atomic E-state index is 0.0978. The van der Waals surface area contributed by atoms with Crippen LogP contribution in [0, 0.1) is 0 Å². The standard InChI is InChI=1S/C18H24N2O4/c1-13(2)24-15-7-5-14(6-8-15)9-10-19-18(22)20-12-16(21)17-4-3-11-23-17/h3-8,11,13,16,21H,9-10,12H2,1-2H3,(H2,19,20,22). The summed E-state index contributed by atoms with van der Waals surface area (Å²) in [6, 6.07) is 10.9. The molecule has 0 aliphatic carbocycles. The number of hydrogen-bond acceptors (Lipinski definition) is 4. The first-order valence-corrected chi connectivity index (χ1v) is 8.03. The number of carbonyl (C=O) groups excluding carboxylic acids is 1. The average molecular weight is 332 g/mol. The lowest BCUT2D eigenvalue weighted by Crippen LogP contribution is -2.38. The molecule has 2 amide bonds. The molecule has 2 aromatic rings. The van der Waals surface area contributed by atoms with E-state index in [0.29, 0.717) is 12.3 Å². The maximum absolute atomic E-state index is 11.7. The number of benzene rings is 1. The van der Waals surface area contributed by atoms with E-state index in [1.807, 2.05) is 38.1 Å². The monoisotopic (exact) mass is 332 g/mol. The van der Waals surface area contributed by atoms with Crippen LogP contribution in [0.25, 0.3) is 0 Å². The molecule has 0 saturated heterocycles. The fourth-order valence-electron chi connectivity index (χ4n) is 2.16. The normalized spacial score (nSPS) is 12.0. The van der Waals surface area contributed by atoms with Crippen molar-refractivity contribution >= 4 is 6.03 Å². The van der Waals surface area contributed by atoms with Gasteiger partial charge in [-0.3, -0.25) is 0 Å². The zero-order valence-electron chi connectivity index (χ0n) is 14.0. The van der Waals surface area contributed by atoms with Gasteiger partial charge in [-0.25, -0.2) is 4.79 Å². The third-order valence-electron chi connectivity index (χ3n) is 3.32. The Bertz CT molecular complexity index is 608. The minimum Gasteiger partial charge on any atom is -0.491 e. The Morgan fingerprint density at radius 3 is 2.58 bits per heavy atom. The van der Waals surface area contributed by atoms with Gasteiger partial charge >= 0.3 is 6.03 Å². The highest BCUT2D eigenvalue weighted by Crippen LogP contribution is 2.14. The van der Waals surface area contributed by atoms with Crippen LogP contribution in [0.3, 0.4) is 0 Å². The maximum atomic E-state index is 11.7. The molecule has 0 spiro atoms. The largest absolute Gasteiger partial charge is 0.491 e. The van der Waals surface area contributed by atoms with E-state index in [1.165, 1.54) is 6.26 Å². The van der Waals surface area contributed by atoms with Gasteiger partial charge in [0.1, 0.15) is 17.6 Å². The molecule has 1 heterocycles. The number of ether oxygens (including phenoxy) is 1. The van der Waals surface area contributed by atoms with Crippen molar-refractivity contribution in [1.29, 1.82) is 0 Å². The summed E-state index contributed by atoms with van der Waals surface area (Å²) in [5.41, 5.74) is 1.11. The Kier molecular flexibility index (Phi) is 6.69. The number of aliphatic hydroxyl groups excluding tert-OH is 1. The van der Waals surface area contributed by atoms with Crippen molar-refractivity contribution in [2.75, 3.05) is 13.1 Å². The van der Waals surface area contributed by atoms with E-state index in [1.54, 1.807) is 12.1 Å². The van der Waals surface area contributed by atoms with Crippen LogP contribution in [-0.2, 0) is 6.42 Å². The molecule has 0 saturated carbocycles. The Morgan fingerprint density at radius 1 is 1.21 bits per heavy atom. The van der Waals surface area contributed by atoms with Crippen LogP contribution < -0.4 is 15.4 Å². The number of hydrogen-bond donors (Lipinski definition) is 3. The summed E-state index contributed by atoms with van der Waals surface area (Å²) < 4.78 is 10.7. The molecule has 1 aromatic heterocycles. The third kappa shape index (κ3) is 5.96. The first-order chi connectivity index (χ1) is 11.5. The van der Waals surface area contributed by atoms with Crippen LogP contribution in [-0.4, -0.2) is 30.3 Å². The van der Waals surface area contributed by atoms with Gasteiger partial charge in [-0.05, 0) is 50.1 Å². The molecule has 1 unspecified atom stereocenters. The topological polar surface area (TPSA) is 83.7 Å². The van der Waals surface area contributed by atoms with Crippen LogP contribution in [0.4, 0.5) is 4.79 Å². The minimum atomic E-state index is -0.848. The van der Waals surface area contributed by atoms with Crippen molar-refractivity contribution in [3.05, 3.63) is 54.0 Å².